The SMILES string of the molecule is CCOC(=O)c1cn(Cc2ccc(Oc3ccccc3)cc2)cc1Cc1cccc(/C=N\N)c1.O=C(O)C(F)(F)F. The Hall–Kier alpha value is -5.06. The molecule has 0 fully saturated rings. The van der Waals surface area contributed by atoms with Crippen LogP contribution in [0.5, 0.6) is 11.5 Å². The van der Waals surface area contributed by atoms with Gasteiger partial charge >= 0.3 is 18.1 Å². The van der Waals surface area contributed by atoms with E-state index in [9.17, 15) is 18.0 Å². The third-order valence-electron chi connectivity index (χ3n) is 5.54. The van der Waals surface area contributed by atoms with Crippen molar-refractivity contribution in [3.63, 3.8) is 0 Å². The van der Waals surface area contributed by atoms with Gasteiger partial charge in [-0.2, -0.15) is 18.3 Å². The molecule has 0 unspecified atom stereocenters. The van der Waals surface area contributed by atoms with Crippen LogP contribution in [0.4, 0.5) is 13.2 Å². The van der Waals surface area contributed by atoms with Gasteiger partial charge in [-0.1, -0.05) is 48.5 Å². The van der Waals surface area contributed by atoms with Gasteiger partial charge in [0, 0.05) is 18.9 Å². The van der Waals surface area contributed by atoms with E-state index in [0.717, 1.165) is 33.8 Å². The number of carbonyl (C=O) groups excluding carboxylic acids is 1. The summed E-state index contributed by atoms with van der Waals surface area (Å²) in [5, 5.41) is 10.7. The van der Waals surface area contributed by atoms with Gasteiger partial charge in [0.2, 0.25) is 0 Å². The monoisotopic (exact) mass is 567 g/mol. The first-order chi connectivity index (χ1) is 19.6. The molecule has 0 radical (unpaired) electrons. The predicted octanol–water partition coefficient (Wildman–Crippen LogP) is 6.02. The summed E-state index contributed by atoms with van der Waals surface area (Å²) in [4.78, 5) is 21.5. The molecule has 0 amide bonds. The fraction of sp³-hybridized carbons (Fsp3) is 0.167. The van der Waals surface area contributed by atoms with Crippen molar-refractivity contribution in [1.82, 2.24) is 4.57 Å². The molecule has 0 atom stereocenters. The second kappa shape index (κ2) is 14.4. The van der Waals surface area contributed by atoms with Crippen LogP contribution in [-0.4, -0.2) is 40.6 Å². The molecule has 214 valence electrons. The lowest BCUT2D eigenvalue weighted by Gasteiger charge is -2.07. The Balaban J connectivity index is 0.000000587. The van der Waals surface area contributed by atoms with Gasteiger partial charge in [0.15, 0.2) is 0 Å². The molecule has 11 heteroatoms. The number of aromatic nitrogens is 1. The number of carboxylic acid groups (broad SMARTS) is 1. The molecule has 8 nitrogen and oxygen atoms in total. The van der Waals surface area contributed by atoms with Gasteiger partial charge in [0.1, 0.15) is 11.5 Å². The van der Waals surface area contributed by atoms with Crippen LogP contribution in [0.1, 0.15) is 39.5 Å². The maximum Gasteiger partial charge on any atom is 0.490 e. The van der Waals surface area contributed by atoms with E-state index in [-0.39, 0.29) is 5.97 Å². The van der Waals surface area contributed by atoms with Crippen molar-refractivity contribution in [2.45, 2.75) is 26.1 Å². The summed E-state index contributed by atoms with van der Waals surface area (Å²) in [5.74, 6) is 3.78. The van der Waals surface area contributed by atoms with E-state index < -0.39 is 12.1 Å². The predicted molar refractivity (Wildman–Crippen MR) is 147 cm³/mol. The second-order valence-corrected chi connectivity index (χ2v) is 8.65. The Bertz CT molecular complexity index is 1470. The number of ether oxygens (including phenoxy) is 2. The molecular formula is C30H28F3N3O5. The minimum absolute atomic E-state index is 0.317. The number of esters is 1. The summed E-state index contributed by atoms with van der Waals surface area (Å²) in [5.41, 5.74) is 4.55. The molecule has 0 bridgehead atoms. The summed E-state index contributed by atoms with van der Waals surface area (Å²) in [6, 6.07) is 25.5. The molecule has 0 aliphatic rings. The van der Waals surface area contributed by atoms with E-state index >= 15 is 0 Å². The zero-order chi connectivity index (χ0) is 29.8. The van der Waals surface area contributed by atoms with E-state index in [0.29, 0.717) is 25.1 Å². The summed E-state index contributed by atoms with van der Waals surface area (Å²) >= 11 is 0. The zero-order valence-electron chi connectivity index (χ0n) is 22.0. The maximum atomic E-state index is 12.6. The molecule has 0 aliphatic carbocycles. The quantitative estimate of drug-likeness (QED) is 0.111. The van der Waals surface area contributed by atoms with Gasteiger partial charge in [-0.15, -0.1) is 0 Å². The highest BCUT2D eigenvalue weighted by atomic mass is 19.4. The number of hydrazone groups is 1. The summed E-state index contributed by atoms with van der Waals surface area (Å²) in [6.07, 6.45) is 0.973. The number of nitrogens with two attached hydrogens (primary N) is 1. The highest BCUT2D eigenvalue weighted by Crippen LogP contribution is 2.23. The lowest BCUT2D eigenvalue weighted by Crippen LogP contribution is -2.21. The zero-order valence-corrected chi connectivity index (χ0v) is 22.0. The smallest absolute Gasteiger partial charge is 0.475 e. The average Bonchev–Trinajstić information content (AvgIpc) is 3.33. The Morgan fingerprint density at radius 3 is 2.22 bits per heavy atom. The van der Waals surface area contributed by atoms with Crippen LogP contribution in [0.3, 0.4) is 0 Å². The first-order valence-corrected chi connectivity index (χ1v) is 12.4. The Morgan fingerprint density at radius 2 is 1.61 bits per heavy atom. The molecule has 3 N–H and O–H groups in total. The molecular weight excluding hydrogens is 539 g/mol. The number of benzene rings is 3. The number of aliphatic carboxylic acids is 1. The van der Waals surface area contributed by atoms with Crippen LogP contribution in [0.15, 0.2) is 96.4 Å². The first-order valence-electron chi connectivity index (χ1n) is 12.4. The molecule has 1 aromatic heterocycles. The van der Waals surface area contributed by atoms with Gasteiger partial charge in [0.05, 0.1) is 18.4 Å². The molecule has 0 spiro atoms. The van der Waals surface area contributed by atoms with E-state index in [1.54, 1.807) is 6.21 Å². The number of para-hydroxylation sites is 1. The van der Waals surface area contributed by atoms with Crippen LogP contribution < -0.4 is 10.6 Å². The van der Waals surface area contributed by atoms with Crippen molar-refractivity contribution >= 4 is 18.2 Å². The highest BCUT2D eigenvalue weighted by molar-refractivity contribution is 5.91. The van der Waals surface area contributed by atoms with E-state index in [2.05, 4.69) is 5.10 Å². The van der Waals surface area contributed by atoms with Gasteiger partial charge in [-0.05, 0) is 65.9 Å². The minimum atomic E-state index is -5.08. The molecule has 4 aromatic rings. The fourth-order valence-corrected chi connectivity index (χ4v) is 3.77. The van der Waals surface area contributed by atoms with Crippen molar-refractivity contribution in [2.24, 2.45) is 10.9 Å². The third kappa shape index (κ3) is 9.57. The van der Waals surface area contributed by atoms with Crippen molar-refractivity contribution < 1.29 is 37.3 Å². The van der Waals surface area contributed by atoms with Crippen molar-refractivity contribution in [2.75, 3.05) is 6.61 Å². The summed E-state index contributed by atoms with van der Waals surface area (Å²) in [7, 11) is 0. The Kier molecular flexibility index (Phi) is 10.7. The lowest BCUT2D eigenvalue weighted by molar-refractivity contribution is -0.192. The first kappa shape index (κ1) is 30.5. The van der Waals surface area contributed by atoms with Gasteiger partial charge < -0.3 is 25.0 Å². The Morgan fingerprint density at radius 1 is 0.951 bits per heavy atom. The number of halogens is 3. The number of carbonyl (C=O) groups is 2. The highest BCUT2D eigenvalue weighted by Gasteiger charge is 2.38. The van der Waals surface area contributed by atoms with E-state index in [1.165, 1.54) is 0 Å². The summed E-state index contributed by atoms with van der Waals surface area (Å²) < 4.78 is 44.9. The van der Waals surface area contributed by atoms with Crippen LogP contribution in [0, 0.1) is 0 Å². The molecule has 0 saturated heterocycles. The van der Waals surface area contributed by atoms with Crippen molar-refractivity contribution in [3.05, 3.63) is 119 Å². The van der Waals surface area contributed by atoms with Crippen LogP contribution in [0.25, 0.3) is 0 Å². The normalized spacial score (nSPS) is 11.0. The lowest BCUT2D eigenvalue weighted by atomic mass is 10.0. The van der Waals surface area contributed by atoms with Gasteiger partial charge in [-0.25, -0.2) is 9.59 Å². The number of carboxylic acids is 1. The number of rotatable bonds is 9. The molecule has 41 heavy (non-hydrogen) atoms. The number of nitrogens with zero attached hydrogens (tertiary/aromatic N) is 2. The Labute approximate surface area is 234 Å². The molecule has 4 rings (SSSR count). The van der Waals surface area contributed by atoms with Crippen LogP contribution in [-0.2, 0) is 22.5 Å². The van der Waals surface area contributed by atoms with Gasteiger partial charge in [0.25, 0.3) is 0 Å². The number of alkyl halides is 3. The standard InChI is InChI=1S/C28H27N3O3.C2HF3O2/c1-2-33-28(32)27-20-31(19-24(27)16-22-7-6-8-23(15-22)17-30-29)18-21-11-13-26(14-12-21)34-25-9-4-3-5-10-25;3-2(4,5)1(6)7/h3-15,17,19-20H,2,16,18,29H2,1H3;(H,6,7)/b30-17-;. The number of hydrogen-bond donors (Lipinski definition) is 2. The largest absolute Gasteiger partial charge is 0.490 e. The molecule has 3 aromatic carbocycles. The molecule has 1 heterocycles. The van der Waals surface area contributed by atoms with Crippen LogP contribution in [0.2, 0.25) is 0 Å². The maximum absolute atomic E-state index is 12.6. The second-order valence-electron chi connectivity index (χ2n) is 8.65. The van der Waals surface area contributed by atoms with Gasteiger partial charge in [-0.3, -0.25) is 0 Å². The summed E-state index contributed by atoms with van der Waals surface area (Å²) in [6.45, 7) is 2.76. The number of hydrogen-bond acceptors (Lipinski definition) is 6. The fourth-order valence-electron chi connectivity index (χ4n) is 3.77. The average molecular weight is 568 g/mol. The third-order valence-corrected chi connectivity index (χ3v) is 5.54. The van der Waals surface area contributed by atoms with Crippen molar-refractivity contribution in [3.8, 4) is 11.5 Å². The van der Waals surface area contributed by atoms with Crippen molar-refractivity contribution in [1.29, 1.82) is 0 Å². The van der Waals surface area contributed by atoms with E-state index in [4.69, 9.17) is 25.2 Å². The molecule has 0 aliphatic heterocycles. The van der Waals surface area contributed by atoms with E-state index in [1.807, 2.05) is 103 Å². The topological polar surface area (TPSA) is 116 Å². The molecule has 0 saturated carbocycles. The minimum Gasteiger partial charge on any atom is -0.475 e. The van der Waals surface area contributed by atoms with Crippen LogP contribution >= 0.6 is 0 Å².